The summed E-state index contributed by atoms with van der Waals surface area (Å²) in [5.74, 6) is 0. The van der Waals surface area contributed by atoms with Gasteiger partial charge in [-0.2, -0.15) is 0 Å². The summed E-state index contributed by atoms with van der Waals surface area (Å²) in [5.41, 5.74) is 0. The maximum absolute atomic E-state index is 9.09. The molecule has 74 valence electrons. The van der Waals surface area contributed by atoms with Crippen LogP contribution in [-0.4, -0.2) is 63.7 Å². The number of rotatable bonds is 5. The monoisotopic (exact) mass is 182 g/mol. The Morgan fingerprint density at radius 1 is 1.08 bits per heavy atom. The highest BCUT2D eigenvalue weighted by Crippen LogP contribution is 2.00. The fraction of sp³-hybridized carbons (Fsp3) is 1.00. The van der Waals surface area contributed by atoms with Gasteiger partial charge in [-0.3, -0.25) is 0 Å². The van der Waals surface area contributed by atoms with Crippen LogP contribution >= 0.6 is 0 Å². The summed E-state index contributed by atoms with van der Waals surface area (Å²) < 4.78 is 0. The van der Waals surface area contributed by atoms with Gasteiger partial charge in [0.05, 0.1) is 13.7 Å². The molecule has 0 spiro atoms. The number of aliphatic hydroxyl groups is 5. The number of hydrogen-bond donors (Lipinski definition) is 6. The average molecular weight is 182 g/mol. The smallest absolute Gasteiger partial charge is 0.216 e. The van der Waals surface area contributed by atoms with E-state index in [2.05, 4.69) is 0 Å². The molecule has 0 aromatic carbocycles. The third kappa shape index (κ3) is 3.02. The van der Waals surface area contributed by atoms with E-state index in [0.29, 0.717) is 0 Å². The zero-order chi connectivity index (χ0) is 9.72. The van der Waals surface area contributed by atoms with E-state index in [9.17, 15) is 0 Å². The summed E-state index contributed by atoms with van der Waals surface area (Å²) >= 11 is 0. The van der Waals surface area contributed by atoms with Gasteiger partial charge < -0.3 is 30.8 Å². The van der Waals surface area contributed by atoms with E-state index in [-0.39, 0.29) is 0 Å². The van der Waals surface area contributed by atoms with Crippen molar-refractivity contribution in [1.29, 1.82) is 0 Å². The molecule has 0 aliphatic rings. The number of likely N-dealkylation sites (N-methyl/N-ethyl adjacent to an activating group) is 1. The lowest BCUT2D eigenvalue weighted by Gasteiger charge is -2.22. The molecular weight excluding hydrogens is 166 g/mol. The van der Waals surface area contributed by atoms with Crippen molar-refractivity contribution in [2.24, 2.45) is 0 Å². The summed E-state index contributed by atoms with van der Waals surface area (Å²) in [6.45, 7) is -0.658. The third-order valence-corrected chi connectivity index (χ3v) is 1.62. The maximum Gasteiger partial charge on any atom is 0.216 e. The Morgan fingerprint density at radius 3 is 1.92 bits per heavy atom. The van der Waals surface area contributed by atoms with Gasteiger partial charge in [0.15, 0.2) is 6.10 Å². The van der Waals surface area contributed by atoms with Gasteiger partial charge in [0.1, 0.15) is 12.2 Å². The highest BCUT2D eigenvalue weighted by molar-refractivity contribution is 4.75. The van der Waals surface area contributed by atoms with Gasteiger partial charge in [-0.25, -0.2) is 0 Å². The molecule has 0 rings (SSSR count). The van der Waals surface area contributed by atoms with E-state index < -0.39 is 31.1 Å². The minimum atomic E-state index is -1.54. The van der Waals surface area contributed by atoms with Crippen LogP contribution in [0, 0.1) is 0 Å². The quantitative estimate of drug-likeness (QED) is 0.240. The maximum atomic E-state index is 9.09. The van der Waals surface area contributed by atoms with Gasteiger partial charge in [0.25, 0.3) is 0 Å². The van der Waals surface area contributed by atoms with E-state index in [4.69, 9.17) is 25.5 Å². The molecule has 0 radical (unpaired) electrons. The summed E-state index contributed by atoms with van der Waals surface area (Å²) in [7, 11) is 1.51. The minimum absolute atomic E-state index is 0.658. The second kappa shape index (κ2) is 5.41. The van der Waals surface area contributed by atoms with Crippen molar-refractivity contribution >= 4 is 0 Å². The van der Waals surface area contributed by atoms with Crippen LogP contribution in [0.15, 0.2) is 0 Å². The largest absolute Gasteiger partial charge is 0.394 e. The van der Waals surface area contributed by atoms with Crippen LogP contribution in [0.2, 0.25) is 0 Å². The minimum Gasteiger partial charge on any atom is -0.394 e. The zero-order valence-corrected chi connectivity index (χ0v) is 6.83. The van der Waals surface area contributed by atoms with E-state index in [0.717, 1.165) is 0 Å². The Kier molecular flexibility index (Phi) is 5.31. The standard InChI is InChI=1S/C6H15NO5/c1-7-6(12)5(11)4(10)3(9)2-8/h3-12H,2H2,1H3/p+1/t3-,4-,5+,6-/m1/s1. The number of nitrogens with two attached hydrogens (primary N) is 1. The molecule has 6 nitrogen and oxygen atoms in total. The fourth-order valence-electron chi connectivity index (χ4n) is 0.735. The second-order valence-corrected chi connectivity index (χ2v) is 2.56. The molecular formula is C6H16NO5+. The van der Waals surface area contributed by atoms with Gasteiger partial charge in [-0.1, -0.05) is 0 Å². The summed E-state index contributed by atoms with van der Waals surface area (Å²) in [6.07, 6.45) is -5.66. The molecule has 0 aliphatic carbocycles. The van der Waals surface area contributed by atoms with Crippen molar-refractivity contribution in [3.05, 3.63) is 0 Å². The van der Waals surface area contributed by atoms with Gasteiger partial charge in [0.2, 0.25) is 6.23 Å². The average Bonchev–Trinajstić information content (AvgIpc) is 2.12. The number of hydrogen-bond acceptors (Lipinski definition) is 5. The first-order chi connectivity index (χ1) is 5.54. The van der Waals surface area contributed by atoms with Gasteiger partial charge >= 0.3 is 0 Å². The molecule has 0 aliphatic heterocycles. The van der Waals surface area contributed by atoms with Crippen LogP contribution in [0.1, 0.15) is 0 Å². The first-order valence-corrected chi connectivity index (χ1v) is 3.67. The molecule has 0 amide bonds. The van der Waals surface area contributed by atoms with E-state index >= 15 is 0 Å². The lowest BCUT2D eigenvalue weighted by molar-refractivity contribution is -0.710. The molecule has 6 heteroatoms. The molecule has 0 saturated carbocycles. The Bertz CT molecular complexity index is 109. The second-order valence-electron chi connectivity index (χ2n) is 2.56. The lowest BCUT2D eigenvalue weighted by atomic mass is 10.1. The fourth-order valence-corrected chi connectivity index (χ4v) is 0.735. The highest BCUT2D eigenvalue weighted by Gasteiger charge is 2.31. The van der Waals surface area contributed by atoms with Crippen LogP contribution in [-0.2, 0) is 0 Å². The molecule has 0 aromatic rings. The molecule has 0 bridgehead atoms. The van der Waals surface area contributed by atoms with Crippen molar-refractivity contribution in [3.63, 3.8) is 0 Å². The Hall–Kier alpha value is -0.240. The summed E-state index contributed by atoms with van der Waals surface area (Å²) in [6, 6.07) is 0. The first-order valence-electron chi connectivity index (χ1n) is 3.67. The molecule has 0 unspecified atom stereocenters. The molecule has 12 heavy (non-hydrogen) atoms. The SMILES string of the molecule is C[NH2+][C@H](O)[C@@H](O)[C@H](O)[C@H](O)CO. The lowest BCUT2D eigenvalue weighted by Crippen LogP contribution is -2.90. The zero-order valence-electron chi connectivity index (χ0n) is 6.83. The summed E-state index contributed by atoms with van der Waals surface area (Å²) in [5, 5.41) is 45.6. The topological polar surface area (TPSA) is 118 Å². The van der Waals surface area contributed by atoms with Gasteiger partial charge in [0, 0.05) is 0 Å². The number of aliphatic hydroxyl groups excluding tert-OH is 5. The Balaban J connectivity index is 3.99. The molecule has 0 saturated heterocycles. The van der Waals surface area contributed by atoms with Crippen molar-refractivity contribution in [2.45, 2.75) is 24.5 Å². The Morgan fingerprint density at radius 2 is 1.58 bits per heavy atom. The van der Waals surface area contributed by atoms with Crippen molar-refractivity contribution < 1.29 is 30.8 Å². The van der Waals surface area contributed by atoms with Crippen molar-refractivity contribution in [2.75, 3.05) is 13.7 Å². The third-order valence-electron chi connectivity index (χ3n) is 1.62. The molecule has 4 atom stereocenters. The van der Waals surface area contributed by atoms with Crippen LogP contribution in [0.25, 0.3) is 0 Å². The van der Waals surface area contributed by atoms with Gasteiger partial charge in [-0.15, -0.1) is 0 Å². The highest BCUT2D eigenvalue weighted by atomic mass is 16.4. The Labute approximate surface area is 70.1 Å². The predicted molar refractivity (Wildman–Crippen MR) is 39.0 cm³/mol. The van der Waals surface area contributed by atoms with Crippen molar-refractivity contribution in [3.8, 4) is 0 Å². The number of quaternary nitrogens is 1. The predicted octanol–water partition coefficient (Wildman–Crippen LogP) is -4.43. The van der Waals surface area contributed by atoms with E-state index in [1.165, 1.54) is 12.4 Å². The molecule has 0 aromatic heterocycles. The first kappa shape index (κ1) is 11.8. The summed E-state index contributed by atoms with van der Waals surface area (Å²) in [4.78, 5) is 0. The van der Waals surface area contributed by atoms with Crippen LogP contribution < -0.4 is 5.32 Å². The van der Waals surface area contributed by atoms with E-state index in [1.807, 2.05) is 0 Å². The van der Waals surface area contributed by atoms with Crippen LogP contribution in [0.3, 0.4) is 0 Å². The van der Waals surface area contributed by atoms with Crippen molar-refractivity contribution in [1.82, 2.24) is 0 Å². The molecule has 0 fully saturated rings. The van der Waals surface area contributed by atoms with E-state index in [1.54, 1.807) is 0 Å². The molecule has 0 heterocycles. The van der Waals surface area contributed by atoms with Gasteiger partial charge in [-0.05, 0) is 0 Å². The normalized spacial score (nSPS) is 21.5. The molecule has 7 N–H and O–H groups in total. The van der Waals surface area contributed by atoms with Crippen LogP contribution in [0.5, 0.6) is 0 Å². The van der Waals surface area contributed by atoms with Crippen LogP contribution in [0.4, 0.5) is 0 Å².